The van der Waals surface area contributed by atoms with Crippen LogP contribution in [0.15, 0.2) is 126 Å². The molecule has 6 aromatic rings. The SMILES string of the molecule is N#CC1=CCCC(C#N)=C1c1cccc2c1c1cc(-c3c(C#N)cccc3C#N)ccc1n2-c1ccc(-c2ccccc2)cc1. The Morgan fingerprint density at radius 1 is 0.578 bits per heavy atom. The molecule has 1 heterocycles. The zero-order valence-electron chi connectivity index (χ0n) is 24.1. The number of benzene rings is 5. The van der Waals surface area contributed by atoms with E-state index in [-0.39, 0.29) is 0 Å². The molecule has 1 aliphatic carbocycles. The summed E-state index contributed by atoms with van der Waals surface area (Å²) in [5.74, 6) is 0. The van der Waals surface area contributed by atoms with E-state index in [1.54, 1.807) is 18.2 Å². The molecule has 1 aromatic heterocycles. The van der Waals surface area contributed by atoms with Crippen molar-refractivity contribution in [2.45, 2.75) is 12.8 Å². The van der Waals surface area contributed by atoms with Crippen LogP contribution in [0.1, 0.15) is 29.5 Å². The quantitative estimate of drug-likeness (QED) is 0.210. The van der Waals surface area contributed by atoms with Crippen molar-refractivity contribution < 1.29 is 0 Å². The van der Waals surface area contributed by atoms with E-state index in [1.165, 1.54) is 0 Å². The van der Waals surface area contributed by atoms with Crippen molar-refractivity contribution in [1.29, 1.82) is 21.0 Å². The van der Waals surface area contributed by atoms with E-state index in [9.17, 15) is 21.0 Å². The first-order valence-electron chi connectivity index (χ1n) is 14.6. The Balaban J connectivity index is 1.56. The Hall–Kier alpha value is -6.66. The molecule has 0 atom stereocenters. The Morgan fingerprint density at radius 3 is 1.96 bits per heavy atom. The number of aromatic nitrogens is 1. The van der Waals surface area contributed by atoms with Crippen LogP contribution in [-0.2, 0) is 0 Å². The van der Waals surface area contributed by atoms with Crippen LogP contribution in [0.3, 0.4) is 0 Å². The normalized spacial score (nSPS) is 12.7. The third kappa shape index (κ3) is 4.45. The lowest BCUT2D eigenvalue weighted by molar-refractivity contribution is 0.991. The first-order valence-corrected chi connectivity index (χ1v) is 14.6. The molecule has 0 spiro atoms. The van der Waals surface area contributed by atoms with Gasteiger partial charge in [-0.1, -0.05) is 72.8 Å². The van der Waals surface area contributed by atoms with Gasteiger partial charge in [0.2, 0.25) is 0 Å². The molecule has 0 saturated carbocycles. The molecule has 1 aliphatic rings. The van der Waals surface area contributed by atoms with Crippen LogP contribution in [0.2, 0.25) is 0 Å². The minimum atomic E-state index is 0.422. The van der Waals surface area contributed by atoms with Gasteiger partial charge in [0, 0.05) is 33.2 Å². The molecule has 5 heteroatoms. The zero-order chi connectivity index (χ0) is 30.9. The predicted molar refractivity (Wildman–Crippen MR) is 177 cm³/mol. The topological polar surface area (TPSA) is 100 Å². The molecule has 0 amide bonds. The molecule has 0 N–H and O–H groups in total. The lowest BCUT2D eigenvalue weighted by Gasteiger charge is -2.16. The second-order valence-electron chi connectivity index (χ2n) is 10.9. The largest absolute Gasteiger partial charge is 0.309 e. The second-order valence-corrected chi connectivity index (χ2v) is 10.9. The fraction of sp³-hybridized carbons (Fsp3) is 0.0500. The summed E-state index contributed by atoms with van der Waals surface area (Å²) in [6, 6.07) is 45.0. The maximum Gasteiger partial charge on any atom is 0.0998 e. The average Bonchev–Trinajstić information content (AvgIpc) is 3.45. The fourth-order valence-corrected chi connectivity index (χ4v) is 6.47. The molecule has 0 saturated heterocycles. The molecule has 208 valence electrons. The molecule has 0 unspecified atom stereocenters. The van der Waals surface area contributed by atoms with Crippen LogP contribution in [0.4, 0.5) is 0 Å². The zero-order valence-corrected chi connectivity index (χ0v) is 24.1. The van der Waals surface area contributed by atoms with E-state index in [4.69, 9.17) is 0 Å². The summed E-state index contributed by atoms with van der Waals surface area (Å²) in [5.41, 5.74) is 9.79. The molecule has 45 heavy (non-hydrogen) atoms. The summed E-state index contributed by atoms with van der Waals surface area (Å²) < 4.78 is 2.19. The van der Waals surface area contributed by atoms with Crippen LogP contribution in [0, 0.1) is 45.3 Å². The van der Waals surface area contributed by atoms with Gasteiger partial charge in [0.05, 0.1) is 52.0 Å². The number of hydrogen-bond acceptors (Lipinski definition) is 4. The first-order chi connectivity index (χ1) is 22.2. The Kier molecular flexibility index (Phi) is 6.77. The van der Waals surface area contributed by atoms with Crippen molar-refractivity contribution in [1.82, 2.24) is 4.57 Å². The number of nitrogens with zero attached hydrogens (tertiary/aromatic N) is 5. The van der Waals surface area contributed by atoms with Gasteiger partial charge >= 0.3 is 0 Å². The van der Waals surface area contributed by atoms with Crippen molar-refractivity contribution in [3.63, 3.8) is 0 Å². The second kappa shape index (κ2) is 11.2. The fourth-order valence-electron chi connectivity index (χ4n) is 6.47. The van der Waals surface area contributed by atoms with Gasteiger partial charge in [-0.3, -0.25) is 0 Å². The highest BCUT2D eigenvalue weighted by Gasteiger charge is 2.24. The van der Waals surface area contributed by atoms with Gasteiger partial charge in [-0.2, -0.15) is 21.0 Å². The molecule has 5 nitrogen and oxygen atoms in total. The van der Waals surface area contributed by atoms with Crippen LogP contribution < -0.4 is 0 Å². The lowest BCUT2D eigenvalue weighted by Crippen LogP contribution is -2.00. The smallest absolute Gasteiger partial charge is 0.0998 e. The minimum absolute atomic E-state index is 0.422. The Bertz CT molecular complexity index is 2360. The number of nitriles is 4. The van der Waals surface area contributed by atoms with Gasteiger partial charge in [-0.25, -0.2) is 0 Å². The maximum absolute atomic E-state index is 10.1. The summed E-state index contributed by atoms with van der Waals surface area (Å²) in [5, 5.41) is 41.9. The van der Waals surface area contributed by atoms with Crippen molar-refractivity contribution in [3.05, 3.63) is 143 Å². The summed E-state index contributed by atoms with van der Waals surface area (Å²) in [6.45, 7) is 0. The van der Waals surface area contributed by atoms with Gasteiger partial charge < -0.3 is 4.57 Å². The predicted octanol–water partition coefficient (Wildman–Crippen LogP) is 9.38. The molecule has 5 aromatic carbocycles. The van der Waals surface area contributed by atoms with E-state index < -0.39 is 0 Å². The lowest BCUT2D eigenvalue weighted by atomic mass is 9.85. The van der Waals surface area contributed by atoms with E-state index in [0.29, 0.717) is 46.3 Å². The summed E-state index contributed by atoms with van der Waals surface area (Å²) in [6.07, 6.45) is 3.12. The van der Waals surface area contributed by atoms with Crippen LogP contribution in [0.5, 0.6) is 0 Å². The van der Waals surface area contributed by atoms with Gasteiger partial charge in [-0.05, 0) is 77.6 Å². The van der Waals surface area contributed by atoms with E-state index >= 15 is 0 Å². The third-order valence-electron chi connectivity index (χ3n) is 8.46. The molecular weight excluding hydrogens is 550 g/mol. The number of rotatable bonds is 4. The third-order valence-corrected chi connectivity index (χ3v) is 8.46. The van der Waals surface area contributed by atoms with E-state index in [0.717, 1.165) is 49.7 Å². The van der Waals surface area contributed by atoms with E-state index in [2.05, 4.69) is 71.3 Å². The van der Waals surface area contributed by atoms with Gasteiger partial charge in [0.1, 0.15) is 0 Å². The summed E-state index contributed by atoms with van der Waals surface area (Å²) >= 11 is 0. The highest BCUT2D eigenvalue weighted by atomic mass is 15.0. The number of allylic oxidation sites excluding steroid dienone is 4. The number of hydrogen-bond donors (Lipinski definition) is 0. The molecular formula is C40H23N5. The minimum Gasteiger partial charge on any atom is -0.309 e. The molecule has 0 bridgehead atoms. The maximum atomic E-state index is 10.1. The standard InChI is InChI=1S/C40H23N5/c41-22-29-9-4-10-30(23-42)38(29)28-17-20-36-35(21-28)40-34(39-31(24-43)11-5-12-32(39)25-44)13-6-14-37(40)45(36)33-18-15-27(16-19-33)26-7-2-1-3-8-26/h1-4,6-11,13-21H,5,12H2. The molecule has 0 fully saturated rings. The monoisotopic (exact) mass is 573 g/mol. The average molecular weight is 574 g/mol. The first kappa shape index (κ1) is 27.2. The van der Waals surface area contributed by atoms with Crippen LogP contribution in [0.25, 0.3) is 55.3 Å². The van der Waals surface area contributed by atoms with Crippen LogP contribution >= 0.6 is 0 Å². The highest BCUT2D eigenvalue weighted by molar-refractivity contribution is 6.16. The summed E-state index contributed by atoms with van der Waals surface area (Å²) in [7, 11) is 0. The molecule has 0 aliphatic heterocycles. The van der Waals surface area contributed by atoms with Crippen molar-refractivity contribution in [2.75, 3.05) is 0 Å². The highest BCUT2D eigenvalue weighted by Crippen LogP contribution is 2.43. The van der Waals surface area contributed by atoms with Crippen molar-refractivity contribution in [3.8, 4) is 52.2 Å². The van der Waals surface area contributed by atoms with Crippen molar-refractivity contribution in [2.24, 2.45) is 0 Å². The van der Waals surface area contributed by atoms with Crippen LogP contribution in [-0.4, -0.2) is 4.57 Å². The Morgan fingerprint density at radius 2 is 1.27 bits per heavy atom. The van der Waals surface area contributed by atoms with E-state index in [1.807, 2.05) is 54.6 Å². The molecule has 0 radical (unpaired) electrons. The molecule has 7 rings (SSSR count). The van der Waals surface area contributed by atoms with Gasteiger partial charge in [-0.15, -0.1) is 0 Å². The van der Waals surface area contributed by atoms with Crippen molar-refractivity contribution >= 4 is 27.4 Å². The number of fused-ring (bicyclic) bond motifs is 3. The van der Waals surface area contributed by atoms with Gasteiger partial charge in [0.15, 0.2) is 0 Å². The Labute approximate surface area is 260 Å². The van der Waals surface area contributed by atoms with Gasteiger partial charge in [0.25, 0.3) is 0 Å². The summed E-state index contributed by atoms with van der Waals surface area (Å²) in [4.78, 5) is 0.